The third-order valence-corrected chi connectivity index (χ3v) is 2.72. The molecule has 2 aromatic carbocycles. The van der Waals surface area contributed by atoms with Crippen LogP contribution in [0.3, 0.4) is 0 Å². The van der Waals surface area contributed by atoms with Crippen LogP contribution < -0.4 is 5.73 Å². The standard InChI is InChI=1S/C15H16FNO/c16-15(14-4-2-1-3-5-14)18-11-13-8-6-12(10-17)7-9-13/h1-9,15H,10-11,17H2. The smallest absolute Gasteiger partial charge is 0.225 e. The second kappa shape index (κ2) is 6.28. The summed E-state index contributed by atoms with van der Waals surface area (Å²) in [7, 11) is 0. The molecule has 0 aliphatic heterocycles. The van der Waals surface area contributed by atoms with Gasteiger partial charge in [-0.2, -0.15) is 0 Å². The van der Waals surface area contributed by atoms with E-state index in [2.05, 4.69) is 0 Å². The summed E-state index contributed by atoms with van der Waals surface area (Å²) in [5.74, 6) is 0. The van der Waals surface area contributed by atoms with Gasteiger partial charge in [0.05, 0.1) is 6.61 Å². The lowest BCUT2D eigenvalue weighted by molar-refractivity contribution is -0.0516. The molecule has 0 radical (unpaired) electrons. The van der Waals surface area contributed by atoms with Crippen LogP contribution in [0, 0.1) is 0 Å². The highest BCUT2D eigenvalue weighted by molar-refractivity contribution is 5.22. The lowest BCUT2D eigenvalue weighted by Crippen LogP contribution is -2.00. The van der Waals surface area contributed by atoms with Crippen molar-refractivity contribution in [1.82, 2.24) is 0 Å². The maximum Gasteiger partial charge on any atom is 0.225 e. The number of alkyl halides is 1. The van der Waals surface area contributed by atoms with Crippen LogP contribution in [0.5, 0.6) is 0 Å². The first-order chi connectivity index (χ1) is 8.79. The first kappa shape index (κ1) is 12.7. The van der Waals surface area contributed by atoms with Crippen molar-refractivity contribution in [2.24, 2.45) is 5.73 Å². The quantitative estimate of drug-likeness (QED) is 0.877. The molecule has 0 fully saturated rings. The summed E-state index contributed by atoms with van der Waals surface area (Å²) >= 11 is 0. The van der Waals surface area contributed by atoms with E-state index in [-0.39, 0.29) is 6.61 Å². The van der Waals surface area contributed by atoms with E-state index in [1.165, 1.54) is 0 Å². The third kappa shape index (κ3) is 3.39. The predicted octanol–water partition coefficient (Wildman–Crippen LogP) is 3.33. The Bertz CT molecular complexity index is 470. The van der Waals surface area contributed by atoms with E-state index >= 15 is 0 Å². The lowest BCUT2D eigenvalue weighted by atomic mass is 10.1. The highest BCUT2D eigenvalue weighted by Gasteiger charge is 2.08. The fourth-order valence-corrected chi connectivity index (χ4v) is 1.64. The van der Waals surface area contributed by atoms with E-state index in [1.807, 2.05) is 30.3 Å². The summed E-state index contributed by atoms with van der Waals surface area (Å²) in [5, 5.41) is 0. The van der Waals surface area contributed by atoms with Crippen LogP contribution in [0.4, 0.5) is 4.39 Å². The molecule has 0 saturated carbocycles. The van der Waals surface area contributed by atoms with Crippen LogP contribution in [0.25, 0.3) is 0 Å². The van der Waals surface area contributed by atoms with Gasteiger partial charge in [0.1, 0.15) is 0 Å². The minimum atomic E-state index is -1.39. The highest BCUT2D eigenvalue weighted by Crippen LogP contribution is 2.20. The maximum absolute atomic E-state index is 13.7. The molecule has 0 bridgehead atoms. The average molecular weight is 245 g/mol. The van der Waals surface area contributed by atoms with Crippen molar-refractivity contribution < 1.29 is 9.13 Å². The zero-order chi connectivity index (χ0) is 12.8. The summed E-state index contributed by atoms with van der Waals surface area (Å²) in [5.41, 5.74) is 8.04. The molecule has 1 atom stereocenters. The SMILES string of the molecule is NCc1ccc(COC(F)c2ccccc2)cc1. The lowest BCUT2D eigenvalue weighted by Gasteiger charge is -2.10. The number of hydrogen-bond acceptors (Lipinski definition) is 2. The molecule has 2 nitrogen and oxygen atoms in total. The number of nitrogens with two attached hydrogens (primary N) is 1. The Balaban J connectivity index is 1.91. The van der Waals surface area contributed by atoms with E-state index in [4.69, 9.17) is 10.5 Å². The normalized spacial score (nSPS) is 12.3. The van der Waals surface area contributed by atoms with Gasteiger partial charge in [-0.1, -0.05) is 54.6 Å². The van der Waals surface area contributed by atoms with Crippen molar-refractivity contribution in [3.8, 4) is 0 Å². The number of ether oxygens (including phenoxy) is 1. The number of rotatable bonds is 5. The Kier molecular flexibility index (Phi) is 4.45. The van der Waals surface area contributed by atoms with Gasteiger partial charge in [-0.05, 0) is 11.1 Å². The molecule has 2 rings (SSSR count). The first-order valence-corrected chi connectivity index (χ1v) is 5.88. The summed E-state index contributed by atoms with van der Waals surface area (Å²) in [6, 6.07) is 16.5. The molecule has 2 aromatic rings. The van der Waals surface area contributed by atoms with Gasteiger partial charge in [-0.15, -0.1) is 0 Å². The zero-order valence-corrected chi connectivity index (χ0v) is 10.1. The Labute approximate surface area is 106 Å². The van der Waals surface area contributed by atoms with Crippen molar-refractivity contribution in [3.05, 3.63) is 71.3 Å². The molecular formula is C15H16FNO. The van der Waals surface area contributed by atoms with Gasteiger partial charge in [0, 0.05) is 12.1 Å². The number of hydrogen-bond donors (Lipinski definition) is 1. The van der Waals surface area contributed by atoms with Crippen LogP contribution in [-0.4, -0.2) is 0 Å². The molecule has 3 heteroatoms. The summed E-state index contributed by atoms with van der Waals surface area (Å²) < 4.78 is 18.9. The molecule has 0 spiro atoms. The number of benzene rings is 2. The zero-order valence-electron chi connectivity index (χ0n) is 10.1. The molecule has 0 aromatic heterocycles. The van der Waals surface area contributed by atoms with Crippen molar-refractivity contribution in [1.29, 1.82) is 0 Å². The fraction of sp³-hybridized carbons (Fsp3) is 0.200. The van der Waals surface area contributed by atoms with Gasteiger partial charge < -0.3 is 10.5 Å². The largest absolute Gasteiger partial charge is 0.340 e. The number of halogens is 1. The summed E-state index contributed by atoms with van der Waals surface area (Å²) in [4.78, 5) is 0. The van der Waals surface area contributed by atoms with Gasteiger partial charge in [-0.25, -0.2) is 4.39 Å². The topological polar surface area (TPSA) is 35.2 Å². The van der Waals surface area contributed by atoms with Crippen LogP contribution >= 0.6 is 0 Å². The molecule has 0 heterocycles. The van der Waals surface area contributed by atoms with E-state index in [1.54, 1.807) is 24.3 Å². The van der Waals surface area contributed by atoms with E-state index in [9.17, 15) is 4.39 Å². The van der Waals surface area contributed by atoms with Crippen LogP contribution in [0.15, 0.2) is 54.6 Å². The molecule has 18 heavy (non-hydrogen) atoms. The molecule has 1 unspecified atom stereocenters. The second-order valence-corrected chi connectivity index (χ2v) is 4.06. The predicted molar refractivity (Wildman–Crippen MR) is 69.4 cm³/mol. The van der Waals surface area contributed by atoms with Crippen molar-refractivity contribution in [2.75, 3.05) is 0 Å². The monoisotopic (exact) mass is 245 g/mol. The van der Waals surface area contributed by atoms with Crippen molar-refractivity contribution in [2.45, 2.75) is 19.5 Å². The fourth-order valence-electron chi connectivity index (χ4n) is 1.64. The van der Waals surface area contributed by atoms with Gasteiger partial charge in [0.15, 0.2) is 0 Å². The highest BCUT2D eigenvalue weighted by atomic mass is 19.1. The Morgan fingerprint density at radius 3 is 2.17 bits per heavy atom. The molecule has 2 N–H and O–H groups in total. The molecule has 0 aliphatic carbocycles. The molecule has 0 amide bonds. The molecular weight excluding hydrogens is 229 g/mol. The van der Waals surface area contributed by atoms with E-state index in [0.29, 0.717) is 12.1 Å². The van der Waals surface area contributed by atoms with Crippen molar-refractivity contribution >= 4 is 0 Å². The van der Waals surface area contributed by atoms with Crippen LogP contribution in [0.2, 0.25) is 0 Å². The molecule has 94 valence electrons. The first-order valence-electron chi connectivity index (χ1n) is 5.88. The molecule has 0 saturated heterocycles. The van der Waals surface area contributed by atoms with Gasteiger partial charge in [0.2, 0.25) is 6.36 Å². The molecule has 0 aliphatic rings. The maximum atomic E-state index is 13.7. The Morgan fingerprint density at radius 2 is 1.56 bits per heavy atom. The Hall–Kier alpha value is -1.71. The van der Waals surface area contributed by atoms with E-state index in [0.717, 1.165) is 11.1 Å². The summed E-state index contributed by atoms with van der Waals surface area (Å²) in [6.07, 6.45) is -1.39. The summed E-state index contributed by atoms with van der Waals surface area (Å²) in [6.45, 7) is 0.762. The van der Waals surface area contributed by atoms with Crippen LogP contribution in [-0.2, 0) is 17.9 Å². The van der Waals surface area contributed by atoms with Crippen molar-refractivity contribution in [3.63, 3.8) is 0 Å². The van der Waals surface area contributed by atoms with E-state index < -0.39 is 6.36 Å². The van der Waals surface area contributed by atoms with Gasteiger partial charge >= 0.3 is 0 Å². The average Bonchev–Trinajstić information content (AvgIpc) is 2.46. The van der Waals surface area contributed by atoms with Gasteiger partial charge in [0.25, 0.3) is 0 Å². The third-order valence-electron chi connectivity index (χ3n) is 2.72. The minimum absolute atomic E-state index is 0.251. The van der Waals surface area contributed by atoms with Gasteiger partial charge in [-0.3, -0.25) is 0 Å². The second-order valence-electron chi connectivity index (χ2n) is 4.06. The van der Waals surface area contributed by atoms with Crippen LogP contribution in [0.1, 0.15) is 23.0 Å². The minimum Gasteiger partial charge on any atom is -0.340 e. The Morgan fingerprint density at radius 1 is 0.944 bits per heavy atom.